The van der Waals surface area contributed by atoms with Crippen LogP contribution in [0.15, 0.2) is 47.2 Å². The normalized spacial score (nSPS) is 18.0. The molecule has 2 aliphatic rings. The lowest BCUT2D eigenvalue weighted by Gasteiger charge is -2.23. The Morgan fingerprint density at radius 2 is 2.04 bits per heavy atom. The Kier molecular flexibility index (Phi) is 3.51. The number of H-pyrrole nitrogens is 1. The van der Waals surface area contributed by atoms with Gasteiger partial charge in [0.05, 0.1) is 6.04 Å². The highest BCUT2D eigenvalue weighted by Crippen LogP contribution is 2.42. The van der Waals surface area contributed by atoms with Gasteiger partial charge in [-0.05, 0) is 24.3 Å². The first-order valence-electron chi connectivity index (χ1n) is 9.21. The average Bonchev–Trinajstić information content (AvgIpc) is 3.36. The number of likely N-dealkylation sites (N-methyl/N-ethyl adjacent to an activating group) is 1. The molecule has 4 heterocycles. The van der Waals surface area contributed by atoms with Crippen molar-refractivity contribution < 1.29 is 4.79 Å². The van der Waals surface area contributed by atoms with Crippen LogP contribution in [0, 0.1) is 0 Å². The summed E-state index contributed by atoms with van der Waals surface area (Å²) in [6.07, 6.45) is 5.99. The Hall–Kier alpha value is -3.32. The molecular formula is C21H22N6O. The van der Waals surface area contributed by atoms with Gasteiger partial charge < -0.3 is 19.9 Å². The van der Waals surface area contributed by atoms with Gasteiger partial charge in [-0.2, -0.15) is 0 Å². The van der Waals surface area contributed by atoms with Crippen LogP contribution in [0.3, 0.4) is 0 Å². The summed E-state index contributed by atoms with van der Waals surface area (Å²) < 4.78 is 2.09. The van der Waals surface area contributed by atoms with Crippen LogP contribution in [-0.2, 0) is 7.05 Å². The van der Waals surface area contributed by atoms with Gasteiger partial charge in [0.1, 0.15) is 5.82 Å². The van der Waals surface area contributed by atoms with Crippen molar-refractivity contribution in [3.63, 3.8) is 0 Å². The summed E-state index contributed by atoms with van der Waals surface area (Å²) in [7, 11) is 7.59. The number of nitrogens with zero attached hydrogens (tertiary/aromatic N) is 4. The Balaban J connectivity index is 1.66. The Morgan fingerprint density at radius 3 is 2.82 bits per heavy atom. The number of nitrogens with one attached hydrogen (secondary N) is 2. The molecule has 0 radical (unpaired) electrons. The summed E-state index contributed by atoms with van der Waals surface area (Å²) in [6, 6.07) is 8.19. The summed E-state index contributed by atoms with van der Waals surface area (Å²) in [5, 5.41) is 3.12. The van der Waals surface area contributed by atoms with Gasteiger partial charge in [0.15, 0.2) is 0 Å². The maximum Gasteiger partial charge on any atom is 0.253 e. The van der Waals surface area contributed by atoms with Crippen LogP contribution >= 0.6 is 0 Å². The highest BCUT2D eigenvalue weighted by atomic mass is 16.2. The fourth-order valence-corrected chi connectivity index (χ4v) is 4.11. The number of carbonyl (C=O) groups excluding carboxylic acids is 1. The number of hydrogen-bond acceptors (Lipinski definition) is 4. The Morgan fingerprint density at radius 1 is 1.21 bits per heavy atom. The fraction of sp³-hybridized carbons (Fsp3) is 0.238. The molecule has 7 nitrogen and oxygen atoms in total. The molecule has 0 spiro atoms. The van der Waals surface area contributed by atoms with E-state index in [4.69, 9.17) is 0 Å². The number of fused-ring (bicyclic) bond motifs is 4. The van der Waals surface area contributed by atoms with Gasteiger partial charge in [0.2, 0.25) is 0 Å². The molecular weight excluding hydrogens is 352 g/mol. The zero-order valence-corrected chi connectivity index (χ0v) is 16.3. The zero-order valence-electron chi connectivity index (χ0n) is 16.3. The minimum Gasteiger partial charge on any atom is -0.350 e. The lowest BCUT2D eigenvalue weighted by molar-refractivity contribution is 0.0828. The van der Waals surface area contributed by atoms with E-state index in [-0.39, 0.29) is 11.9 Å². The lowest BCUT2D eigenvalue weighted by atomic mass is 9.99. The number of carbonyl (C=O) groups is 1. The molecule has 1 amide bonds. The SMILES string of the molecule is CN(C)C(=O)c1ccc2c(c1)c(-c1cc3c([nH]1)N=CC1=CNN(C)C13)cn2C. The molecule has 28 heavy (non-hydrogen) atoms. The molecule has 2 aromatic heterocycles. The number of hydrogen-bond donors (Lipinski definition) is 2. The van der Waals surface area contributed by atoms with Crippen molar-refractivity contribution in [1.29, 1.82) is 0 Å². The number of aromatic nitrogens is 2. The maximum atomic E-state index is 12.4. The Bertz CT molecular complexity index is 1180. The first-order valence-corrected chi connectivity index (χ1v) is 9.21. The highest BCUT2D eigenvalue weighted by molar-refractivity contribution is 6.02. The zero-order chi connectivity index (χ0) is 19.6. The topological polar surface area (TPSA) is 68.7 Å². The summed E-state index contributed by atoms with van der Waals surface area (Å²) in [5.41, 5.74) is 9.37. The predicted molar refractivity (Wildman–Crippen MR) is 111 cm³/mol. The van der Waals surface area contributed by atoms with Gasteiger partial charge in [0.25, 0.3) is 5.91 Å². The molecule has 3 aromatic rings. The molecule has 1 unspecified atom stereocenters. The minimum atomic E-state index is 0.000479. The van der Waals surface area contributed by atoms with E-state index in [1.165, 1.54) is 0 Å². The second kappa shape index (κ2) is 5.84. The number of amides is 1. The molecule has 7 heteroatoms. The number of benzene rings is 1. The standard InChI is InChI=1S/C21H22N6O/c1-25(2)21(28)12-5-6-18-14(7-12)16(11-26(18)3)17-8-15-19-13(10-23-27(19)4)9-22-20(15)24-17/h5-11,19,23-24H,1-4H3. The number of aromatic amines is 1. The van der Waals surface area contributed by atoms with Gasteiger partial charge in [-0.25, -0.2) is 10.0 Å². The van der Waals surface area contributed by atoms with E-state index in [0.29, 0.717) is 5.56 Å². The van der Waals surface area contributed by atoms with Crippen LogP contribution in [-0.4, -0.2) is 52.7 Å². The maximum absolute atomic E-state index is 12.4. The van der Waals surface area contributed by atoms with E-state index in [0.717, 1.165) is 39.1 Å². The van der Waals surface area contributed by atoms with E-state index in [1.807, 2.05) is 44.7 Å². The molecule has 0 aliphatic carbocycles. The van der Waals surface area contributed by atoms with E-state index >= 15 is 0 Å². The van der Waals surface area contributed by atoms with E-state index in [1.54, 1.807) is 19.0 Å². The van der Waals surface area contributed by atoms with Crippen LogP contribution in [0.2, 0.25) is 0 Å². The van der Waals surface area contributed by atoms with Crippen molar-refractivity contribution in [3.05, 3.63) is 53.4 Å². The van der Waals surface area contributed by atoms with Crippen molar-refractivity contribution in [1.82, 2.24) is 24.9 Å². The molecule has 0 saturated heterocycles. The molecule has 5 rings (SSSR count). The van der Waals surface area contributed by atoms with E-state index < -0.39 is 0 Å². The number of rotatable bonds is 2. The van der Waals surface area contributed by atoms with Crippen molar-refractivity contribution in [2.75, 3.05) is 21.1 Å². The van der Waals surface area contributed by atoms with Crippen molar-refractivity contribution in [3.8, 4) is 11.3 Å². The Labute approximate surface area is 162 Å². The second-order valence-corrected chi connectivity index (χ2v) is 7.62. The third kappa shape index (κ3) is 2.33. The van der Waals surface area contributed by atoms with Crippen LogP contribution in [0.5, 0.6) is 0 Å². The van der Waals surface area contributed by atoms with Crippen LogP contribution in [0.25, 0.3) is 22.2 Å². The first-order chi connectivity index (χ1) is 13.4. The third-order valence-corrected chi connectivity index (χ3v) is 5.53. The summed E-state index contributed by atoms with van der Waals surface area (Å²) in [4.78, 5) is 22.1. The number of hydrazine groups is 1. The highest BCUT2D eigenvalue weighted by Gasteiger charge is 2.32. The van der Waals surface area contributed by atoms with Crippen LogP contribution < -0.4 is 5.43 Å². The van der Waals surface area contributed by atoms with Crippen molar-refractivity contribution >= 4 is 28.8 Å². The molecule has 0 saturated carbocycles. The summed E-state index contributed by atoms with van der Waals surface area (Å²) in [6.45, 7) is 0. The first kappa shape index (κ1) is 16.8. The molecule has 2 aliphatic heterocycles. The second-order valence-electron chi connectivity index (χ2n) is 7.62. The van der Waals surface area contributed by atoms with Crippen LogP contribution in [0.1, 0.15) is 22.0 Å². The van der Waals surface area contributed by atoms with Gasteiger partial charge in [-0.1, -0.05) is 0 Å². The number of aliphatic imine (C=N–C) groups is 1. The van der Waals surface area contributed by atoms with E-state index in [2.05, 4.69) is 37.2 Å². The lowest BCUT2D eigenvalue weighted by Crippen LogP contribution is -2.29. The smallest absolute Gasteiger partial charge is 0.253 e. The fourth-order valence-electron chi connectivity index (χ4n) is 4.11. The van der Waals surface area contributed by atoms with Gasteiger partial charge in [-0.3, -0.25) is 4.79 Å². The quantitative estimate of drug-likeness (QED) is 0.725. The third-order valence-electron chi connectivity index (χ3n) is 5.53. The minimum absolute atomic E-state index is 0.000479. The molecule has 0 fully saturated rings. The summed E-state index contributed by atoms with van der Waals surface area (Å²) >= 11 is 0. The van der Waals surface area contributed by atoms with Gasteiger partial charge in [-0.15, -0.1) is 0 Å². The summed E-state index contributed by atoms with van der Waals surface area (Å²) in [5.74, 6) is 0.880. The molecule has 1 atom stereocenters. The average molecular weight is 374 g/mol. The molecule has 0 bridgehead atoms. The van der Waals surface area contributed by atoms with Crippen LogP contribution in [0.4, 0.5) is 5.82 Å². The molecule has 2 N–H and O–H groups in total. The van der Waals surface area contributed by atoms with Gasteiger partial charge >= 0.3 is 0 Å². The van der Waals surface area contributed by atoms with Crippen molar-refractivity contribution in [2.45, 2.75) is 6.04 Å². The predicted octanol–water partition coefficient (Wildman–Crippen LogP) is 2.97. The molecule has 1 aromatic carbocycles. The number of aryl methyl sites for hydroxylation is 1. The monoisotopic (exact) mass is 374 g/mol. The van der Waals surface area contributed by atoms with Gasteiger partial charge in [0, 0.05) is 85.7 Å². The van der Waals surface area contributed by atoms with E-state index in [9.17, 15) is 4.79 Å². The molecule has 142 valence electrons. The van der Waals surface area contributed by atoms with Crippen molar-refractivity contribution in [2.24, 2.45) is 12.0 Å². The largest absolute Gasteiger partial charge is 0.350 e.